The smallest absolute Gasteiger partial charge is 0.225 e. The number of fused-ring (bicyclic) bond motifs is 1. The van der Waals surface area contributed by atoms with Gasteiger partial charge in [-0.05, 0) is 56.1 Å². The van der Waals surface area contributed by atoms with E-state index in [4.69, 9.17) is 0 Å². The molecule has 1 saturated carbocycles. The Bertz CT molecular complexity index is 638. The second-order valence-corrected chi connectivity index (χ2v) is 7.55. The Morgan fingerprint density at radius 2 is 1.83 bits per heavy atom. The summed E-state index contributed by atoms with van der Waals surface area (Å²) in [6.45, 7) is 1.43. The molecule has 2 amide bonds. The van der Waals surface area contributed by atoms with Crippen molar-refractivity contribution < 1.29 is 9.59 Å². The number of carbonyl (C=O) groups is 2. The van der Waals surface area contributed by atoms with Crippen LogP contribution in [0.25, 0.3) is 0 Å². The van der Waals surface area contributed by atoms with Gasteiger partial charge in [0.1, 0.15) is 0 Å². The summed E-state index contributed by atoms with van der Waals surface area (Å²) in [4.78, 5) is 27.0. The summed E-state index contributed by atoms with van der Waals surface area (Å²) in [5.74, 6) is 0.605. The summed E-state index contributed by atoms with van der Waals surface area (Å²) < 4.78 is 0. The largest absolute Gasteiger partial charge is 0.349 e. The van der Waals surface area contributed by atoms with Gasteiger partial charge in [0, 0.05) is 19.0 Å². The number of carbonyl (C=O) groups excluding carboxylic acids is 2. The molecule has 0 spiro atoms. The zero-order valence-electron chi connectivity index (χ0n) is 14.2. The number of rotatable bonds is 3. The maximum Gasteiger partial charge on any atom is 0.225 e. The number of benzene rings is 1. The molecule has 3 aliphatic rings. The first-order valence-corrected chi connectivity index (χ1v) is 9.39. The van der Waals surface area contributed by atoms with Crippen molar-refractivity contribution >= 4 is 11.8 Å². The lowest BCUT2D eigenvalue weighted by Gasteiger charge is -2.34. The number of hydrogen-bond donors (Lipinski definition) is 1. The molecule has 0 unspecified atom stereocenters. The molecule has 1 heterocycles. The quantitative estimate of drug-likeness (QED) is 0.928. The van der Waals surface area contributed by atoms with Gasteiger partial charge >= 0.3 is 0 Å². The highest BCUT2D eigenvalue weighted by molar-refractivity contribution is 5.83. The molecule has 0 aromatic heterocycles. The molecule has 2 atom stereocenters. The van der Waals surface area contributed by atoms with E-state index in [0.29, 0.717) is 6.54 Å². The van der Waals surface area contributed by atoms with Gasteiger partial charge < -0.3 is 10.2 Å². The van der Waals surface area contributed by atoms with E-state index in [0.717, 1.165) is 51.5 Å². The summed E-state index contributed by atoms with van der Waals surface area (Å²) in [6.07, 6.45) is 7.15. The van der Waals surface area contributed by atoms with Crippen LogP contribution in [0.3, 0.4) is 0 Å². The average Bonchev–Trinajstić information content (AvgIpc) is 3.47. The summed E-state index contributed by atoms with van der Waals surface area (Å²) in [6, 6.07) is 8.58. The lowest BCUT2D eigenvalue weighted by molar-refractivity contribution is -0.137. The maximum absolute atomic E-state index is 12.8. The molecule has 24 heavy (non-hydrogen) atoms. The molecule has 4 heteroatoms. The number of hydrogen-bond acceptors (Lipinski definition) is 2. The molecule has 0 bridgehead atoms. The highest BCUT2D eigenvalue weighted by Gasteiger charge is 2.37. The third-order valence-corrected chi connectivity index (χ3v) is 5.72. The van der Waals surface area contributed by atoms with Crippen LogP contribution in [0.5, 0.6) is 0 Å². The van der Waals surface area contributed by atoms with E-state index in [-0.39, 0.29) is 29.7 Å². The number of aryl methyl sites for hydroxylation is 1. The van der Waals surface area contributed by atoms with Crippen molar-refractivity contribution in [1.29, 1.82) is 0 Å². The molecule has 4 rings (SSSR count). The van der Waals surface area contributed by atoms with Gasteiger partial charge in [0.05, 0.1) is 12.0 Å². The second kappa shape index (κ2) is 6.58. The summed E-state index contributed by atoms with van der Waals surface area (Å²) in [5, 5.41) is 3.27. The fourth-order valence-corrected chi connectivity index (χ4v) is 4.17. The molecular formula is C20H26N2O2. The third kappa shape index (κ3) is 3.19. The molecule has 1 aromatic carbocycles. The Morgan fingerprint density at radius 1 is 1.00 bits per heavy atom. The summed E-state index contributed by atoms with van der Waals surface area (Å²) in [5.41, 5.74) is 2.64. The first-order chi connectivity index (χ1) is 11.7. The van der Waals surface area contributed by atoms with Crippen LogP contribution in [-0.4, -0.2) is 29.8 Å². The normalized spacial score (nSPS) is 26.6. The molecule has 0 radical (unpaired) electrons. The van der Waals surface area contributed by atoms with Gasteiger partial charge in [0.25, 0.3) is 0 Å². The van der Waals surface area contributed by atoms with Crippen molar-refractivity contribution in [2.24, 2.45) is 11.8 Å². The minimum absolute atomic E-state index is 0.0458. The second-order valence-electron chi connectivity index (χ2n) is 7.55. The first kappa shape index (κ1) is 15.7. The van der Waals surface area contributed by atoms with Crippen LogP contribution in [0.4, 0.5) is 0 Å². The van der Waals surface area contributed by atoms with Crippen molar-refractivity contribution in [3.8, 4) is 0 Å². The van der Waals surface area contributed by atoms with Crippen LogP contribution >= 0.6 is 0 Å². The van der Waals surface area contributed by atoms with Crippen LogP contribution in [-0.2, 0) is 16.0 Å². The Labute approximate surface area is 143 Å². The fraction of sp³-hybridized carbons (Fsp3) is 0.600. The monoisotopic (exact) mass is 326 g/mol. The van der Waals surface area contributed by atoms with Crippen LogP contribution in [0, 0.1) is 11.8 Å². The molecule has 128 valence electrons. The molecule has 2 fully saturated rings. The van der Waals surface area contributed by atoms with Crippen LogP contribution in [0.1, 0.15) is 55.7 Å². The molecule has 2 aliphatic carbocycles. The summed E-state index contributed by atoms with van der Waals surface area (Å²) >= 11 is 0. The van der Waals surface area contributed by atoms with Gasteiger partial charge in [-0.3, -0.25) is 9.59 Å². The maximum atomic E-state index is 12.8. The van der Waals surface area contributed by atoms with E-state index in [1.54, 1.807) is 0 Å². The van der Waals surface area contributed by atoms with Gasteiger partial charge in [-0.15, -0.1) is 0 Å². The van der Waals surface area contributed by atoms with Crippen molar-refractivity contribution in [2.45, 2.75) is 51.0 Å². The highest BCUT2D eigenvalue weighted by Crippen LogP contribution is 2.33. The van der Waals surface area contributed by atoms with E-state index >= 15 is 0 Å². The lowest BCUT2D eigenvalue weighted by Crippen LogP contribution is -2.46. The number of nitrogens with zero attached hydrogens (tertiary/aromatic N) is 1. The summed E-state index contributed by atoms with van der Waals surface area (Å²) in [7, 11) is 0. The van der Waals surface area contributed by atoms with Crippen LogP contribution in [0.2, 0.25) is 0 Å². The Kier molecular flexibility index (Phi) is 4.30. The van der Waals surface area contributed by atoms with Gasteiger partial charge in [-0.25, -0.2) is 0 Å². The molecule has 1 aliphatic heterocycles. The number of piperidine rings is 1. The molecule has 1 saturated heterocycles. The SMILES string of the molecule is O=C(N[C@H]1CCCc2ccccc21)[C@@H]1CCCN(C(=O)C2CC2)C1. The zero-order chi connectivity index (χ0) is 16.5. The highest BCUT2D eigenvalue weighted by atomic mass is 16.2. The Balaban J connectivity index is 1.40. The number of amides is 2. The van der Waals surface area contributed by atoms with Gasteiger partial charge in [0.15, 0.2) is 0 Å². The van der Waals surface area contributed by atoms with E-state index in [1.807, 2.05) is 4.90 Å². The average molecular weight is 326 g/mol. The van der Waals surface area contributed by atoms with Gasteiger partial charge in [-0.1, -0.05) is 24.3 Å². The number of likely N-dealkylation sites (tertiary alicyclic amines) is 1. The predicted molar refractivity (Wildman–Crippen MR) is 92.3 cm³/mol. The Morgan fingerprint density at radius 3 is 2.67 bits per heavy atom. The van der Waals surface area contributed by atoms with E-state index < -0.39 is 0 Å². The van der Waals surface area contributed by atoms with E-state index in [9.17, 15) is 9.59 Å². The Hall–Kier alpha value is -1.84. The standard InChI is InChI=1S/C20H26N2O2/c23-19(16-7-4-12-22(13-16)20(24)15-10-11-15)21-18-9-3-6-14-5-1-2-8-17(14)18/h1-2,5,8,15-16,18H,3-4,6-7,9-13H2,(H,21,23)/t16-,18+/m1/s1. The fourth-order valence-electron chi connectivity index (χ4n) is 4.17. The van der Waals surface area contributed by atoms with Gasteiger partial charge in [0.2, 0.25) is 11.8 Å². The number of nitrogens with one attached hydrogen (secondary N) is 1. The minimum atomic E-state index is -0.0458. The van der Waals surface area contributed by atoms with Gasteiger partial charge in [-0.2, -0.15) is 0 Å². The first-order valence-electron chi connectivity index (χ1n) is 9.39. The van der Waals surface area contributed by atoms with Crippen molar-refractivity contribution in [3.63, 3.8) is 0 Å². The van der Waals surface area contributed by atoms with E-state index in [1.165, 1.54) is 11.1 Å². The zero-order valence-corrected chi connectivity index (χ0v) is 14.2. The third-order valence-electron chi connectivity index (χ3n) is 5.72. The van der Waals surface area contributed by atoms with Crippen LogP contribution in [0.15, 0.2) is 24.3 Å². The van der Waals surface area contributed by atoms with E-state index in [2.05, 4.69) is 29.6 Å². The van der Waals surface area contributed by atoms with Crippen molar-refractivity contribution in [3.05, 3.63) is 35.4 Å². The molecular weight excluding hydrogens is 300 g/mol. The van der Waals surface area contributed by atoms with Crippen molar-refractivity contribution in [2.75, 3.05) is 13.1 Å². The minimum Gasteiger partial charge on any atom is -0.349 e. The predicted octanol–water partition coefficient (Wildman–Crippen LogP) is 2.83. The topological polar surface area (TPSA) is 49.4 Å². The lowest BCUT2D eigenvalue weighted by atomic mass is 9.87. The van der Waals surface area contributed by atoms with Crippen LogP contribution < -0.4 is 5.32 Å². The molecule has 1 N–H and O–H groups in total. The van der Waals surface area contributed by atoms with Crippen molar-refractivity contribution in [1.82, 2.24) is 10.2 Å². The molecule has 4 nitrogen and oxygen atoms in total. The molecule has 1 aromatic rings.